The summed E-state index contributed by atoms with van der Waals surface area (Å²) >= 11 is 0. The van der Waals surface area contributed by atoms with Gasteiger partial charge < -0.3 is 0 Å². The third-order valence-electron chi connectivity index (χ3n) is 3.43. The molecule has 108 valence electrons. The van der Waals surface area contributed by atoms with Crippen molar-refractivity contribution in [3.63, 3.8) is 0 Å². The maximum absolute atomic E-state index is 12.4. The van der Waals surface area contributed by atoms with Crippen molar-refractivity contribution in [1.29, 1.82) is 0 Å². The Hall–Kier alpha value is -1.91. The SMILES string of the molecule is CCCCCc1cccn2c(=O)n(C(C)C)c(=O)nc12. The molecule has 0 unspecified atom stereocenters. The minimum Gasteiger partial charge on any atom is -0.252 e. The standard InChI is InChI=1S/C15H21N3O2/c1-4-5-6-8-12-9-7-10-17-13(12)16-14(19)18(11(2)3)15(17)20/h7,9-11H,4-6,8H2,1-3H3. The van der Waals surface area contributed by atoms with Gasteiger partial charge in [-0.2, -0.15) is 4.98 Å². The first-order valence-electron chi connectivity index (χ1n) is 7.19. The van der Waals surface area contributed by atoms with Crippen LogP contribution in [-0.4, -0.2) is 14.0 Å². The van der Waals surface area contributed by atoms with Crippen molar-refractivity contribution in [2.75, 3.05) is 0 Å². The number of nitrogens with zero attached hydrogens (tertiary/aromatic N) is 3. The van der Waals surface area contributed by atoms with Crippen LogP contribution in [0.15, 0.2) is 27.9 Å². The Labute approximate surface area is 117 Å². The first kappa shape index (κ1) is 14.5. The lowest BCUT2D eigenvalue weighted by molar-refractivity contribution is 0.524. The molecule has 20 heavy (non-hydrogen) atoms. The Morgan fingerprint density at radius 2 is 2.00 bits per heavy atom. The van der Waals surface area contributed by atoms with E-state index in [0.29, 0.717) is 5.65 Å². The smallest absolute Gasteiger partial charge is 0.252 e. The lowest BCUT2D eigenvalue weighted by Gasteiger charge is -2.11. The van der Waals surface area contributed by atoms with E-state index in [1.165, 1.54) is 8.97 Å². The molecule has 2 rings (SSSR count). The summed E-state index contributed by atoms with van der Waals surface area (Å²) in [6, 6.07) is 3.59. The van der Waals surface area contributed by atoms with Crippen molar-refractivity contribution in [3.8, 4) is 0 Å². The van der Waals surface area contributed by atoms with Gasteiger partial charge in [-0.3, -0.25) is 4.40 Å². The highest BCUT2D eigenvalue weighted by Gasteiger charge is 2.12. The normalized spacial score (nSPS) is 11.4. The van der Waals surface area contributed by atoms with Gasteiger partial charge in [0, 0.05) is 12.2 Å². The van der Waals surface area contributed by atoms with Crippen LogP contribution in [0.3, 0.4) is 0 Å². The molecule has 0 aliphatic carbocycles. The molecule has 0 N–H and O–H groups in total. The monoisotopic (exact) mass is 275 g/mol. The summed E-state index contributed by atoms with van der Waals surface area (Å²) in [4.78, 5) is 28.5. The van der Waals surface area contributed by atoms with Crippen LogP contribution < -0.4 is 11.4 Å². The first-order chi connectivity index (χ1) is 9.56. The fraction of sp³-hybridized carbons (Fsp3) is 0.533. The third kappa shape index (κ3) is 2.66. The molecule has 0 amide bonds. The van der Waals surface area contributed by atoms with Gasteiger partial charge in [-0.15, -0.1) is 0 Å². The predicted molar refractivity (Wildman–Crippen MR) is 79.3 cm³/mol. The Morgan fingerprint density at radius 3 is 2.65 bits per heavy atom. The minimum atomic E-state index is -0.465. The number of hydrogen-bond acceptors (Lipinski definition) is 3. The van der Waals surface area contributed by atoms with Crippen LogP contribution in [0.25, 0.3) is 5.65 Å². The van der Waals surface area contributed by atoms with Gasteiger partial charge in [-0.05, 0) is 38.3 Å². The molecular formula is C15H21N3O2. The van der Waals surface area contributed by atoms with Crippen molar-refractivity contribution >= 4 is 5.65 Å². The summed E-state index contributed by atoms with van der Waals surface area (Å²) in [7, 11) is 0. The molecule has 5 nitrogen and oxygen atoms in total. The van der Waals surface area contributed by atoms with Gasteiger partial charge >= 0.3 is 11.4 Å². The number of aromatic nitrogens is 3. The summed E-state index contributed by atoms with van der Waals surface area (Å²) in [6.45, 7) is 5.76. The molecule has 2 heterocycles. The molecule has 0 aromatic carbocycles. The van der Waals surface area contributed by atoms with E-state index in [2.05, 4.69) is 11.9 Å². The van der Waals surface area contributed by atoms with E-state index in [1.54, 1.807) is 6.20 Å². The van der Waals surface area contributed by atoms with Gasteiger partial charge in [0.05, 0.1) is 0 Å². The molecule has 0 fully saturated rings. The van der Waals surface area contributed by atoms with Crippen molar-refractivity contribution in [3.05, 3.63) is 44.9 Å². The second kappa shape index (κ2) is 6.03. The highest BCUT2D eigenvalue weighted by atomic mass is 16.2. The molecule has 0 saturated heterocycles. The summed E-state index contributed by atoms with van der Waals surface area (Å²) in [5.41, 5.74) is 0.682. The number of aryl methyl sites for hydroxylation is 1. The van der Waals surface area contributed by atoms with Crippen molar-refractivity contribution in [2.45, 2.75) is 52.5 Å². The number of hydrogen-bond donors (Lipinski definition) is 0. The highest BCUT2D eigenvalue weighted by molar-refractivity contribution is 5.46. The van der Waals surface area contributed by atoms with E-state index in [-0.39, 0.29) is 11.7 Å². The zero-order valence-corrected chi connectivity index (χ0v) is 12.3. The Morgan fingerprint density at radius 1 is 1.25 bits per heavy atom. The molecule has 0 aliphatic heterocycles. The van der Waals surface area contributed by atoms with Gasteiger partial charge in [0.2, 0.25) is 0 Å². The lowest BCUT2D eigenvalue weighted by Crippen LogP contribution is -2.40. The average Bonchev–Trinajstić information content (AvgIpc) is 2.39. The molecule has 5 heteroatoms. The van der Waals surface area contributed by atoms with E-state index >= 15 is 0 Å². The predicted octanol–water partition coefficient (Wildman–Crippen LogP) is 2.17. The largest absolute Gasteiger partial charge is 0.353 e. The van der Waals surface area contributed by atoms with Crippen molar-refractivity contribution in [2.24, 2.45) is 0 Å². The minimum absolute atomic E-state index is 0.192. The van der Waals surface area contributed by atoms with E-state index in [9.17, 15) is 9.59 Å². The maximum atomic E-state index is 12.4. The van der Waals surface area contributed by atoms with Gasteiger partial charge in [0.25, 0.3) is 0 Å². The molecule has 2 aromatic rings. The van der Waals surface area contributed by atoms with Crippen LogP contribution in [0.2, 0.25) is 0 Å². The molecule has 0 spiro atoms. The van der Waals surface area contributed by atoms with E-state index < -0.39 is 5.69 Å². The number of unbranched alkanes of at least 4 members (excludes halogenated alkanes) is 2. The lowest BCUT2D eigenvalue weighted by atomic mass is 10.1. The second-order valence-corrected chi connectivity index (χ2v) is 5.32. The summed E-state index contributed by atoms with van der Waals surface area (Å²) in [6.07, 6.45) is 5.83. The van der Waals surface area contributed by atoms with Gasteiger partial charge in [-0.1, -0.05) is 25.8 Å². The molecule has 0 aliphatic rings. The Kier molecular flexibility index (Phi) is 4.37. The summed E-state index contributed by atoms with van der Waals surface area (Å²) in [5.74, 6) is 0. The quantitative estimate of drug-likeness (QED) is 0.786. The number of pyridine rings is 1. The van der Waals surface area contributed by atoms with Crippen LogP contribution in [0, 0.1) is 0 Å². The highest BCUT2D eigenvalue weighted by Crippen LogP contribution is 2.10. The van der Waals surface area contributed by atoms with Gasteiger partial charge in [-0.25, -0.2) is 14.2 Å². The van der Waals surface area contributed by atoms with Gasteiger partial charge in [0.15, 0.2) is 0 Å². The van der Waals surface area contributed by atoms with Crippen LogP contribution in [0.4, 0.5) is 0 Å². The topological polar surface area (TPSA) is 56.4 Å². The third-order valence-corrected chi connectivity index (χ3v) is 3.43. The second-order valence-electron chi connectivity index (χ2n) is 5.32. The van der Waals surface area contributed by atoms with Crippen molar-refractivity contribution < 1.29 is 0 Å². The maximum Gasteiger partial charge on any atom is 0.353 e. The summed E-state index contributed by atoms with van der Waals surface area (Å²) in [5, 5.41) is 0. The van der Waals surface area contributed by atoms with Gasteiger partial charge in [0.1, 0.15) is 5.65 Å². The fourth-order valence-electron chi connectivity index (χ4n) is 2.37. The van der Waals surface area contributed by atoms with Crippen LogP contribution >= 0.6 is 0 Å². The zero-order valence-electron chi connectivity index (χ0n) is 12.3. The molecule has 0 saturated carbocycles. The molecule has 0 atom stereocenters. The molecular weight excluding hydrogens is 254 g/mol. The fourth-order valence-corrected chi connectivity index (χ4v) is 2.37. The number of rotatable bonds is 5. The van der Waals surface area contributed by atoms with E-state index in [0.717, 1.165) is 31.2 Å². The van der Waals surface area contributed by atoms with Crippen LogP contribution in [-0.2, 0) is 6.42 Å². The number of fused-ring (bicyclic) bond motifs is 1. The average molecular weight is 275 g/mol. The Bertz CT molecular complexity index is 713. The Balaban J connectivity index is 2.59. The summed E-state index contributed by atoms with van der Waals surface area (Å²) < 4.78 is 2.66. The molecule has 0 bridgehead atoms. The zero-order chi connectivity index (χ0) is 14.7. The van der Waals surface area contributed by atoms with E-state index in [1.807, 2.05) is 26.0 Å². The van der Waals surface area contributed by atoms with E-state index in [4.69, 9.17) is 0 Å². The first-order valence-corrected chi connectivity index (χ1v) is 7.19. The van der Waals surface area contributed by atoms with Crippen LogP contribution in [0.5, 0.6) is 0 Å². The van der Waals surface area contributed by atoms with Crippen molar-refractivity contribution in [1.82, 2.24) is 14.0 Å². The van der Waals surface area contributed by atoms with Crippen LogP contribution in [0.1, 0.15) is 51.6 Å². The molecule has 0 radical (unpaired) electrons. The molecule has 2 aromatic heterocycles.